The van der Waals surface area contributed by atoms with E-state index < -0.39 is 0 Å². The smallest absolute Gasteiger partial charge is 0.131 e. The molecule has 0 saturated carbocycles. The first kappa shape index (κ1) is 19.2. The highest BCUT2D eigenvalue weighted by atomic mass is 32.1. The van der Waals surface area contributed by atoms with Gasteiger partial charge >= 0.3 is 0 Å². The standard InChI is InChI=1S/C23H28N2O2S/c1-16(22-15-24(2)23(28)19-7-3-4-9-21(19)27-22)25-14-6-5-8-20(25)17-10-12-18(26)13-11-17/h3-4,7,9-13,16,20,22,26H,5-6,8,14-15H2,1-2H3. The molecule has 1 fully saturated rings. The summed E-state index contributed by atoms with van der Waals surface area (Å²) in [4.78, 5) is 5.56. The third-order valence-corrected chi connectivity index (χ3v) is 6.61. The maximum absolute atomic E-state index is 9.66. The molecule has 148 valence electrons. The number of fused-ring (bicyclic) bond motifs is 1. The van der Waals surface area contributed by atoms with E-state index >= 15 is 0 Å². The molecule has 4 nitrogen and oxygen atoms in total. The lowest BCUT2D eigenvalue weighted by Crippen LogP contribution is -2.51. The van der Waals surface area contributed by atoms with Crippen LogP contribution < -0.4 is 4.74 Å². The summed E-state index contributed by atoms with van der Waals surface area (Å²) < 4.78 is 6.51. The van der Waals surface area contributed by atoms with E-state index in [1.807, 2.05) is 24.3 Å². The average Bonchev–Trinajstić information content (AvgIpc) is 2.85. The van der Waals surface area contributed by atoms with Crippen LogP contribution in [0, 0.1) is 0 Å². The van der Waals surface area contributed by atoms with Crippen LogP contribution in [0.5, 0.6) is 11.5 Å². The molecule has 0 aliphatic carbocycles. The Labute approximate surface area is 172 Å². The lowest BCUT2D eigenvalue weighted by molar-refractivity contribution is 0.0230. The molecule has 28 heavy (non-hydrogen) atoms. The van der Waals surface area contributed by atoms with Crippen LogP contribution in [0.1, 0.15) is 43.4 Å². The molecule has 2 aromatic rings. The Kier molecular flexibility index (Phi) is 5.56. The zero-order chi connectivity index (χ0) is 19.7. The molecule has 5 heteroatoms. The van der Waals surface area contributed by atoms with Gasteiger partial charge in [0.1, 0.15) is 22.6 Å². The number of likely N-dealkylation sites (tertiary alicyclic amines) is 1. The highest BCUT2D eigenvalue weighted by Crippen LogP contribution is 2.35. The normalized spacial score (nSPS) is 24.2. The van der Waals surface area contributed by atoms with Crippen LogP contribution in [0.4, 0.5) is 0 Å². The SMILES string of the molecule is CC(C1CN(C)C(=S)c2ccccc2O1)N1CCCCC1c1ccc(O)cc1. The minimum absolute atomic E-state index is 0.0318. The highest BCUT2D eigenvalue weighted by Gasteiger charge is 2.35. The highest BCUT2D eigenvalue weighted by molar-refractivity contribution is 7.80. The van der Waals surface area contributed by atoms with Crippen molar-refractivity contribution in [3.8, 4) is 11.5 Å². The zero-order valence-electron chi connectivity index (χ0n) is 16.5. The van der Waals surface area contributed by atoms with Crippen LogP contribution in [0.3, 0.4) is 0 Å². The molecule has 1 N–H and O–H groups in total. The number of hydrogen-bond donors (Lipinski definition) is 1. The Morgan fingerprint density at radius 3 is 2.64 bits per heavy atom. The first-order chi connectivity index (χ1) is 13.5. The van der Waals surface area contributed by atoms with E-state index in [0.29, 0.717) is 11.8 Å². The molecule has 0 radical (unpaired) electrons. The maximum Gasteiger partial charge on any atom is 0.131 e. The number of para-hydroxylation sites is 1. The number of aromatic hydroxyl groups is 1. The van der Waals surface area contributed by atoms with Crippen LogP contribution in [0.2, 0.25) is 0 Å². The number of likely N-dealkylation sites (N-methyl/N-ethyl adjacent to an activating group) is 1. The second-order valence-corrected chi connectivity index (χ2v) is 8.31. The average molecular weight is 397 g/mol. The van der Waals surface area contributed by atoms with Crippen LogP contribution >= 0.6 is 12.2 Å². The van der Waals surface area contributed by atoms with Gasteiger partial charge in [-0.2, -0.15) is 0 Å². The number of rotatable bonds is 3. The Morgan fingerprint density at radius 2 is 1.86 bits per heavy atom. The number of benzene rings is 2. The van der Waals surface area contributed by atoms with E-state index in [0.717, 1.165) is 35.8 Å². The molecule has 2 aliphatic heterocycles. The summed E-state index contributed by atoms with van der Waals surface area (Å²) in [5.41, 5.74) is 2.27. The quantitative estimate of drug-likeness (QED) is 0.780. The molecular weight excluding hydrogens is 368 g/mol. The number of nitrogens with zero attached hydrogens (tertiary/aromatic N) is 2. The van der Waals surface area contributed by atoms with E-state index in [1.165, 1.54) is 18.4 Å². The van der Waals surface area contributed by atoms with Gasteiger partial charge in [0.05, 0.1) is 12.1 Å². The van der Waals surface area contributed by atoms with E-state index in [-0.39, 0.29) is 12.1 Å². The molecular formula is C23H28N2O2S. The fraction of sp³-hybridized carbons (Fsp3) is 0.435. The molecule has 2 heterocycles. The Morgan fingerprint density at radius 1 is 1.11 bits per heavy atom. The van der Waals surface area contributed by atoms with E-state index in [2.05, 4.69) is 35.9 Å². The first-order valence-corrected chi connectivity index (χ1v) is 10.5. The van der Waals surface area contributed by atoms with Crippen molar-refractivity contribution in [3.05, 3.63) is 59.7 Å². The van der Waals surface area contributed by atoms with Crippen LogP contribution in [0.15, 0.2) is 48.5 Å². The number of phenols is 1. The molecule has 0 amide bonds. The largest absolute Gasteiger partial charge is 0.508 e. The van der Waals surface area contributed by atoms with E-state index in [4.69, 9.17) is 17.0 Å². The Hall–Kier alpha value is -2.11. The summed E-state index contributed by atoms with van der Waals surface area (Å²) in [5.74, 6) is 1.20. The Bertz CT molecular complexity index is 839. The molecule has 1 saturated heterocycles. The predicted molar refractivity (Wildman–Crippen MR) is 116 cm³/mol. The summed E-state index contributed by atoms with van der Waals surface area (Å²) in [6.07, 6.45) is 3.60. The van der Waals surface area contributed by atoms with Gasteiger partial charge in [-0.1, -0.05) is 42.9 Å². The molecule has 4 rings (SSSR count). The molecule has 3 unspecified atom stereocenters. The van der Waals surface area contributed by atoms with Gasteiger partial charge < -0.3 is 14.7 Å². The summed E-state index contributed by atoms with van der Waals surface area (Å²) in [6, 6.07) is 16.4. The van der Waals surface area contributed by atoms with Gasteiger partial charge in [0.15, 0.2) is 0 Å². The topological polar surface area (TPSA) is 35.9 Å². The van der Waals surface area contributed by atoms with Gasteiger partial charge in [-0.15, -0.1) is 0 Å². The fourth-order valence-electron chi connectivity index (χ4n) is 4.47. The minimum atomic E-state index is 0.0318. The van der Waals surface area contributed by atoms with Crippen molar-refractivity contribution >= 4 is 17.2 Å². The van der Waals surface area contributed by atoms with Gasteiger partial charge in [-0.3, -0.25) is 4.90 Å². The lowest BCUT2D eigenvalue weighted by atomic mass is 9.92. The van der Waals surface area contributed by atoms with Gasteiger partial charge in [0.25, 0.3) is 0 Å². The van der Waals surface area contributed by atoms with Crippen LogP contribution in [-0.4, -0.2) is 52.2 Å². The second kappa shape index (κ2) is 8.10. The van der Waals surface area contributed by atoms with Crippen LogP contribution in [-0.2, 0) is 0 Å². The summed E-state index contributed by atoms with van der Waals surface area (Å²) in [7, 11) is 2.06. The molecule has 0 aromatic heterocycles. The van der Waals surface area contributed by atoms with Crippen molar-refractivity contribution in [2.45, 2.75) is 44.4 Å². The molecule has 2 aromatic carbocycles. The fourth-order valence-corrected chi connectivity index (χ4v) is 4.71. The second-order valence-electron chi connectivity index (χ2n) is 7.92. The minimum Gasteiger partial charge on any atom is -0.508 e. The van der Waals surface area contributed by atoms with Crippen molar-refractivity contribution in [2.24, 2.45) is 0 Å². The number of phenolic OH excluding ortho intramolecular Hbond substituents is 1. The molecule has 0 spiro atoms. The summed E-state index contributed by atoms with van der Waals surface area (Å²) >= 11 is 5.69. The number of hydrogen-bond acceptors (Lipinski definition) is 4. The third kappa shape index (κ3) is 3.74. The van der Waals surface area contributed by atoms with Gasteiger partial charge in [-0.05, 0) is 56.1 Å². The maximum atomic E-state index is 9.66. The molecule has 0 bridgehead atoms. The van der Waals surface area contributed by atoms with Crippen LogP contribution in [0.25, 0.3) is 0 Å². The monoisotopic (exact) mass is 396 g/mol. The molecule has 2 aliphatic rings. The van der Waals surface area contributed by atoms with E-state index in [9.17, 15) is 5.11 Å². The van der Waals surface area contributed by atoms with Gasteiger partial charge in [-0.25, -0.2) is 0 Å². The van der Waals surface area contributed by atoms with Gasteiger partial charge in [0.2, 0.25) is 0 Å². The predicted octanol–water partition coefficient (Wildman–Crippen LogP) is 4.38. The van der Waals surface area contributed by atoms with Crippen molar-refractivity contribution in [1.82, 2.24) is 9.80 Å². The third-order valence-electron chi connectivity index (χ3n) is 6.08. The Balaban J connectivity index is 1.60. The van der Waals surface area contributed by atoms with Crippen molar-refractivity contribution in [1.29, 1.82) is 0 Å². The van der Waals surface area contributed by atoms with Crippen molar-refractivity contribution < 1.29 is 9.84 Å². The summed E-state index contributed by atoms with van der Waals surface area (Å²) in [6.45, 7) is 4.10. The lowest BCUT2D eigenvalue weighted by Gasteiger charge is -2.43. The number of piperidine rings is 1. The number of thiocarbonyl (C=S) groups is 1. The summed E-state index contributed by atoms with van der Waals surface area (Å²) in [5, 5.41) is 9.66. The first-order valence-electron chi connectivity index (χ1n) is 10.1. The van der Waals surface area contributed by atoms with E-state index in [1.54, 1.807) is 12.1 Å². The van der Waals surface area contributed by atoms with Crippen molar-refractivity contribution in [3.63, 3.8) is 0 Å². The van der Waals surface area contributed by atoms with Crippen molar-refractivity contribution in [2.75, 3.05) is 20.1 Å². The van der Waals surface area contributed by atoms with Gasteiger partial charge in [0, 0.05) is 19.1 Å². The zero-order valence-corrected chi connectivity index (χ0v) is 17.4. The number of ether oxygens (including phenoxy) is 1. The molecule has 3 atom stereocenters.